The van der Waals surface area contributed by atoms with Gasteiger partial charge in [0, 0.05) is 24.2 Å². The van der Waals surface area contributed by atoms with Crippen LogP contribution in [0.4, 0.5) is 11.4 Å². The number of Topliss-reactive ketones (excluding diaryl/α,β-unsaturated/α-hetero) is 1. The number of hydrogen-bond acceptors (Lipinski definition) is 4. The average Bonchev–Trinajstić information content (AvgIpc) is 2.47. The third kappa shape index (κ3) is 3.40. The fraction of sp³-hybridized carbons (Fsp3) is 0.562. The normalized spacial score (nSPS) is 18.6. The molecule has 1 saturated heterocycles. The van der Waals surface area contributed by atoms with Crippen LogP contribution in [-0.4, -0.2) is 23.3 Å². The zero-order valence-corrected chi connectivity index (χ0v) is 12.7. The molecule has 1 aliphatic heterocycles. The number of carbonyl (C=O) groups is 1. The van der Waals surface area contributed by atoms with Gasteiger partial charge in [-0.15, -0.1) is 0 Å². The topological polar surface area (TPSA) is 63.5 Å². The van der Waals surface area contributed by atoms with Crippen LogP contribution in [0.25, 0.3) is 0 Å². The fourth-order valence-corrected chi connectivity index (χ4v) is 3.08. The molecule has 1 atom stereocenters. The van der Waals surface area contributed by atoms with E-state index < -0.39 is 0 Å². The first-order chi connectivity index (χ1) is 10.0. The highest BCUT2D eigenvalue weighted by atomic mass is 16.6. The van der Waals surface area contributed by atoms with Crippen molar-refractivity contribution in [3.63, 3.8) is 0 Å². The van der Waals surface area contributed by atoms with Crippen molar-refractivity contribution >= 4 is 17.2 Å². The smallest absolute Gasteiger partial charge is 0.293 e. The van der Waals surface area contributed by atoms with Gasteiger partial charge in [-0.1, -0.05) is 13.3 Å². The lowest BCUT2D eigenvalue weighted by atomic mass is 9.96. The Kier molecular flexibility index (Phi) is 4.94. The van der Waals surface area contributed by atoms with Crippen LogP contribution in [0.1, 0.15) is 56.3 Å². The van der Waals surface area contributed by atoms with Gasteiger partial charge in [0.25, 0.3) is 5.69 Å². The van der Waals surface area contributed by atoms with Crippen LogP contribution in [0.5, 0.6) is 0 Å². The molecule has 0 aromatic heterocycles. The van der Waals surface area contributed by atoms with Crippen LogP contribution < -0.4 is 4.90 Å². The minimum atomic E-state index is -0.376. The molecule has 1 fully saturated rings. The molecule has 0 saturated carbocycles. The molecule has 21 heavy (non-hydrogen) atoms. The molecule has 0 amide bonds. The van der Waals surface area contributed by atoms with E-state index in [9.17, 15) is 14.9 Å². The van der Waals surface area contributed by atoms with Crippen LogP contribution in [0.3, 0.4) is 0 Å². The van der Waals surface area contributed by atoms with E-state index >= 15 is 0 Å². The summed E-state index contributed by atoms with van der Waals surface area (Å²) in [5, 5.41) is 11.4. The van der Waals surface area contributed by atoms with Gasteiger partial charge in [0.2, 0.25) is 0 Å². The van der Waals surface area contributed by atoms with Crippen molar-refractivity contribution in [3.05, 3.63) is 33.9 Å². The Morgan fingerprint density at radius 1 is 1.43 bits per heavy atom. The van der Waals surface area contributed by atoms with Gasteiger partial charge < -0.3 is 4.90 Å². The minimum absolute atomic E-state index is 0.0469. The van der Waals surface area contributed by atoms with Gasteiger partial charge in [0.05, 0.1) is 4.92 Å². The quantitative estimate of drug-likeness (QED) is 0.468. The van der Waals surface area contributed by atoms with E-state index in [0.717, 1.165) is 32.2 Å². The molecule has 1 aromatic carbocycles. The number of ketones is 1. The summed E-state index contributed by atoms with van der Waals surface area (Å²) in [4.78, 5) is 24.6. The van der Waals surface area contributed by atoms with Gasteiger partial charge in [-0.3, -0.25) is 14.9 Å². The predicted octanol–water partition coefficient (Wildman–Crippen LogP) is 3.96. The SMILES string of the molecule is CCCC1CCCCN1c1ccc(C(C)=O)cc1[N+](=O)[O-]. The Labute approximate surface area is 125 Å². The molecule has 0 radical (unpaired) electrons. The summed E-state index contributed by atoms with van der Waals surface area (Å²) in [5.41, 5.74) is 1.10. The molecular weight excluding hydrogens is 268 g/mol. The number of anilines is 1. The molecule has 0 aliphatic carbocycles. The van der Waals surface area contributed by atoms with E-state index in [0.29, 0.717) is 17.3 Å². The van der Waals surface area contributed by atoms with Gasteiger partial charge in [-0.25, -0.2) is 0 Å². The third-order valence-corrected chi connectivity index (χ3v) is 4.14. The molecule has 2 rings (SSSR count). The molecular formula is C16H22N2O3. The van der Waals surface area contributed by atoms with Crippen molar-refractivity contribution in [3.8, 4) is 0 Å². The van der Waals surface area contributed by atoms with Crippen molar-refractivity contribution in [2.45, 2.75) is 52.0 Å². The minimum Gasteiger partial charge on any atom is -0.363 e. The molecule has 1 unspecified atom stereocenters. The van der Waals surface area contributed by atoms with Crippen LogP contribution in [0.15, 0.2) is 18.2 Å². The Balaban J connectivity index is 2.41. The number of nitro benzene ring substituents is 1. The number of carbonyl (C=O) groups excluding carboxylic acids is 1. The van der Waals surface area contributed by atoms with E-state index in [2.05, 4.69) is 11.8 Å². The lowest BCUT2D eigenvalue weighted by Gasteiger charge is -2.37. The monoisotopic (exact) mass is 290 g/mol. The molecule has 1 heterocycles. The Hall–Kier alpha value is -1.91. The molecule has 0 spiro atoms. The highest BCUT2D eigenvalue weighted by Gasteiger charge is 2.28. The zero-order chi connectivity index (χ0) is 15.4. The van der Waals surface area contributed by atoms with E-state index in [1.807, 2.05) is 0 Å². The first-order valence-corrected chi connectivity index (χ1v) is 7.60. The molecule has 114 valence electrons. The van der Waals surface area contributed by atoms with Gasteiger partial charge in [-0.2, -0.15) is 0 Å². The lowest BCUT2D eigenvalue weighted by Crippen LogP contribution is -2.39. The number of piperidine rings is 1. The summed E-state index contributed by atoms with van der Waals surface area (Å²) in [7, 11) is 0. The second-order valence-electron chi connectivity index (χ2n) is 5.65. The van der Waals surface area contributed by atoms with Gasteiger partial charge in [-0.05, 0) is 44.7 Å². The Bertz CT molecular complexity index is 540. The van der Waals surface area contributed by atoms with Crippen LogP contribution in [0.2, 0.25) is 0 Å². The largest absolute Gasteiger partial charge is 0.363 e. The maximum Gasteiger partial charge on any atom is 0.293 e. The van der Waals surface area contributed by atoms with Crippen molar-refractivity contribution in [1.82, 2.24) is 0 Å². The summed E-state index contributed by atoms with van der Waals surface area (Å²) in [6.07, 6.45) is 5.44. The van der Waals surface area contributed by atoms with Gasteiger partial charge >= 0.3 is 0 Å². The van der Waals surface area contributed by atoms with E-state index in [4.69, 9.17) is 0 Å². The van der Waals surface area contributed by atoms with Crippen molar-refractivity contribution in [2.75, 3.05) is 11.4 Å². The molecule has 1 aromatic rings. The second-order valence-corrected chi connectivity index (χ2v) is 5.65. The number of rotatable bonds is 5. The molecule has 1 aliphatic rings. The predicted molar refractivity (Wildman–Crippen MR) is 83.0 cm³/mol. The first kappa shape index (κ1) is 15.5. The molecule has 0 N–H and O–H groups in total. The third-order valence-electron chi connectivity index (χ3n) is 4.14. The number of benzene rings is 1. The van der Waals surface area contributed by atoms with Crippen LogP contribution in [-0.2, 0) is 0 Å². The second kappa shape index (κ2) is 6.70. The highest BCUT2D eigenvalue weighted by molar-refractivity contribution is 5.95. The van der Waals surface area contributed by atoms with E-state index in [1.165, 1.54) is 19.4 Å². The fourth-order valence-electron chi connectivity index (χ4n) is 3.08. The van der Waals surface area contributed by atoms with E-state index in [1.54, 1.807) is 12.1 Å². The Morgan fingerprint density at radius 3 is 2.81 bits per heavy atom. The van der Waals surface area contributed by atoms with Crippen LogP contribution >= 0.6 is 0 Å². The lowest BCUT2D eigenvalue weighted by molar-refractivity contribution is -0.384. The molecule has 5 heteroatoms. The summed E-state index contributed by atoms with van der Waals surface area (Å²) in [6.45, 7) is 4.42. The first-order valence-electron chi connectivity index (χ1n) is 7.60. The summed E-state index contributed by atoms with van der Waals surface area (Å²) in [5.74, 6) is -0.145. The molecule has 0 bridgehead atoms. The maximum atomic E-state index is 11.4. The highest BCUT2D eigenvalue weighted by Crippen LogP contribution is 2.35. The molecule has 5 nitrogen and oxygen atoms in total. The van der Waals surface area contributed by atoms with Crippen molar-refractivity contribution < 1.29 is 9.72 Å². The van der Waals surface area contributed by atoms with Crippen molar-refractivity contribution in [2.24, 2.45) is 0 Å². The summed E-state index contributed by atoms with van der Waals surface area (Å²) < 4.78 is 0. The van der Waals surface area contributed by atoms with Gasteiger partial charge in [0.1, 0.15) is 5.69 Å². The number of hydrogen-bond donors (Lipinski definition) is 0. The standard InChI is InChI=1S/C16H22N2O3/c1-3-6-14-7-4-5-10-17(14)15-9-8-13(12(2)19)11-16(15)18(20)21/h8-9,11,14H,3-7,10H2,1-2H3. The zero-order valence-electron chi connectivity index (χ0n) is 12.7. The Morgan fingerprint density at radius 2 is 2.19 bits per heavy atom. The maximum absolute atomic E-state index is 11.4. The number of nitrogens with zero attached hydrogens (tertiary/aromatic N) is 2. The van der Waals surface area contributed by atoms with Crippen LogP contribution in [0, 0.1) is 10.1 Å². The summed E-state index contributed by atoms with van der Waals surface area (Å²) >= 11 is 0. The van der Waals surface area contributed by atoms with Crippen molar-refractivity contribution in [1.29, 1.82) is 0 Å². The van der Waals surface area contributed by atoms with Gasteiger partial charge in [0.15, 0.2) is 5.78 Å². The summed E-state index contributed by atoms with van der Waals surface area (Å²) in [6, 6.07) is 5.21. The average molecular weight is 290 g/mol. The number of nitro groups is 1. The van der Waals surface area contributed by atoms with E-state index in [-0.39, 0.29) is 16.4 Å².